The van der Waals surface area contributed by atoms with Gasteiger partial charge >= 0.3 is 71.4 Å². The maximum absolute atomic E-state index is 13.0. The third kappa shape index (κ3) is 9.78. The molecule has 1 N–H and O–H groups in total. The normalized spacial score (nSPS) is 20.8. The van der Waals surface area contributed by atoms with Crippen molar-refractivity contribution in [2.45, 2.75) is 48.1 Å². The Balaban J connectivity index is 0.00000324. The number of sulfonamides is 1. The molecule has 0 unspecified atom stereocenters. The quantitative estimate of drug-likeness (QED) is 0.247. The van der Waals surface area contributed by atoms with E-state index >= 15 is 0 Å². The fourth-order valence-corrected chi connectivity index (χ4v) is 5.36. The van der Waals surface area contributed by atoms with Crippen LogP contribution in [0.2, 0.25) is 0 Å². The number of carbonyl (C=O) groups is 1. The molecule has 18 heteroatoms. The number of benzene rings is 1. The summed E-state index contributed by atoms with van der Waals surface area (Å²) in [5, 5.41) is 0. The van der Waals surface area contributed by atoms with Crippen LogP contribution in [-0.2, 0) is 28.6 Å². The average Bonchev–Trinajstić information content (AvgIpc) is 3.11. The second-order valence-electron chi connectivity index (χ2n) is 7.97. The Morgan fingerprint density at radius 1 is 1.22 bits per heavy atom. The van der Waals surface area contributed by atoms with E-state index in [9.17, 15) is 40.7 Å². The summed E-state index contributed by atoms with van der Waals surface area (Å²) in [6.45, 7) is -1.66. The van der Waals surface area contributed by atoms with E-state index in [1.165, 1.54) is 12.1 Å². The van der Waals surface area contributed by atoms with Gasteiger partial charge in [-0.15, -0.1) is 0 Å². The van der Waals surface area contributed by atoms with Crippen molar-refractivity contribution in [2.24, 2.45) is 0 Å². The zero-order valence-corrected chi connectivity index (χ0v) is 25.3. The molecule has 36 heavy (non-hydrogen) atoms. The van der Waals surface area contributed by atoms with Gasteiger partial charge in [-0.2, -0.15) is 13.2 Å². The number of nitrogens with one attached hydrogen (secondary N) is 1. The van der Waals surface area contributed by atoms with E-state index in [-0.39, 0.29) is 96.5 Å². The standard InChI is InChI=1S/C18H24F3N2O9PS.2Na/c19-18(20,21)15(12-31-33(25,26)27)32-16(24)23-8-6-17(7-9-23)10-13(11-30-17)22-34(28,29)14-4-2-1-3-5-14;;/h1-5,13,15,22H,6-12H2,(H2,25,26,27);;/q;2*+1/p-2/t13-,15-;;/m1../s1. The van der Waals surface area contributed by atoms with Crippen molar-refractivity contribution in [1.82, 2.24) is 9.62 Å². The molecule has 1 amide bonds. The van der Waals surface area contributed by atoms with Crippen LogP contribution in [0.3, 0.4) is 0 Å². The number of phosphoric acid groups is 1. The molecule has 0 radical (unpaired) electrons. The fourth-order valence-electron chi connectivity index (χ4n) is 3.80. The van der Waals surface area contributed by atoms with Gasteiger partial charge in [0.25, 0.3) is 0 Å². The van der Waals surface area contributed by atoms with Gasteiger partial charge in [0, 0.05) is 19.1 Å². The van der Waals surface area contributed by atoms with Gasteiger partial charge in [0.2, 0.25) is 16.1 Å². The molecule has 1 spiro atoms. The monoisotopic (exact) mass is 576 g/mol. The van der Waals surface area contributed by atoms with Crippen LogP contribution in [0.1, 0.15) is 19.3 Å². The van der Waals surface area contributed by atoms with Crippen molar-refractivity contribution in [2.75, 3.05) is 26.3 Å². The number of halogens is 3. The summed E-state index contributed by atoms with van der Waals surface area (Å²) in [5.74, 6) is 0. The molecule has 2 heterocycles. The number of hydrogen-bond acceptors (Lipinski definition) is 9. The molecular weight excluding hydrogens is 554 g/mol. The van der Waals surface area contributed by atoms with E-state index in [2.05, 4.69) is 14.0 Å². The predicted octanol–water partition coefficient (Wildman–Crippen LogP) is -5.49. The molecule has 0 bridgehead atoms. The van der Waals surface area contributed by atoms with Gasteiger partial charge in [-0.1, -0.05) is 18.2 Å². The maximum Gasteiger partial charge on any atom is 1.00 e. The summed E-state index contributed by atoms with van der Waals surface area (Å²) >= 11 is 0. The number of likely N-dealkylation sites (tertiary alicyclic amines) is 1. The van der Waals surface area contributed by atoms with Crippen molar-refractivity contribution in [3.8, 4) is 0 Å². The second kappa shape index (κ2) is 13.6. The van der Waals surface area contributed by atoms with E-state index in [1.54, 1.807) is 18.2 Å². The Labute approximate surface area is 250 Å². The number of ether oxygens (including phenoxy) is 2. The molecule has 2 atom stereocenters. The molecule has 2 fully saturated rings. The van der Waals surface area contributed by atoms with Crippen molar-refractivity contribution in [3.05, 3.63) is 30.3 Å². The van der Waals surface area contributed by atoms with E-state index in [4.69, 9.17) is 4.74 Å². The number of alkyl halides is 3. The van der Waals surface area contributed by atoms with Crippen molar-refractivity contribution >= 4 is 23.9 Å². The number of piperidine rings is 1. The molecule has 192 valence electrons. The molecule has 2 aliphatic heterocycles. The largest absolute Gasteiger partial charge is 1.00 e. The molecule has 0 aromatic heterocycles. The molecule has 1 aromatic carbocycles. The van der Waals surface area contributed by atoms with Crippen molar-refractivity contribution in [1.29, 1.82) is 0 Å². The molecule has 2 saturated heterocycles. The van der Waals surface area contributed by atoms with E-state index in [0.717, 1.165) is 4.90 Å². The first-order valence-electron chi connectivity index (χ1n) is 10.1. The summed E-state index contributed by atoms with van der Waals surface area (Å²) in [7, 11) is -9.46. The molecule has 1 aromatic rings. The first kappa shape index (κ1) is 34.3. The number of amides is 1. The van der Waals surface area contributed by atoms with Gasteiger partial charge < -0.3 is 33.2 Å². The Bertz CT molecular complexity index is 1020. The summed E-state index contributed by atoms with van der Waals surface area (Å²) < 4.78 is 90.9. The minimum absolute atomic E-state index is 0. The van der Waals surface area contributed by atoms with Crippen LogP contribution < -0.4 is 73.6 Å². The number of phosphoric ester groups is 1. The first-order valence-corrected chi connectivity index (χ1v) is 13.0. The Hall–Kier alpha value is 0.260. The summed E-state index contributed by atoms with van der Waals surface area (Å²) in [6.07, 6.45) is -8.70. The topological polar surface area (TPSA) is 157 Å². The van der Waals surface area contributed by atoms with Gasteiger partial charge in [-0.05, 0) is 31.4 Å². The summed E-state index contributed by atoms with van der Waals surface area (Å²) in [6, 6.07) is 7.23. The van der Waals surface area contributed by atoms with E-state index < -0.39 is 54.5 Å². The molecular formula is C18H22F3N2Na2O9PS. The summed E-state index contributed by atoms with van der Waals surface area (Å²) in [4.78, 5) is 34.2. The number of nitrogens with zero attached hydrogens (tertiary/aromatic N) is 1. The van der Waals surface area contributed by atoms with Gasteiger partial charge in [0.15, 0.2) is 0 Å². The molecule has 2 aliphatic rings. The molecule has 0 saturated carbocycles. The van der Waals surface area contributed by atoms with Gasteiger partial charge in [-0.3, -0.25) is 0 Å². The van der Waals surface area contributed by atoms with Crippen LogP contribution in [0.25, 0.3) is 0 Å². The third-order valence-electron chi connectivity index (χ3n) is 5.51. The van der Waals surface area contributed by atoms with Crippen LogP contribution in [0, 0.1) is 0 Å². The smallest absolute Gasteiger partial charge is 0.790 e. The van der Waals surface area contributed by atoms with Crippen molar-refractivity contribution < 1.29 is 114 Å². The molecule has 11 nitrogen and oxygen atoms in total. The average molecular weight is 576 g/mol. The fraction of sp³-hybridized carbons (Fsp3) is 0.611. The van der Waals surface area contributed by atoms with Gasteiger partial charge in [0.05, 0.1) is 31.5 Å². The van der Waals surface area contributed by atoms with E-state index in [1.807, 2.05) is 0 Å². The summed E-state index contributed by atoms with van der Waals surface area (Å²) in [5.41, 5.74) is -0.759. The minimum atomic E-state index is -5.69. The second-order valence-corrected chi connectivity index (χ2v) is 10.8. The van der Waals surface area contributed by atoms with Crippen LogP contribution in [0.5, 0.6) is 0 Å². The van der Waals surface area contributed by atoms with Crippen molar-refractivity contribution in [3.63, 3.8) is 0 Å². The Kier molecular flexibility index (Phi) is 12.9. The maximum atomic E-state index is 13.0. The SMILES string of the molecule is O=C(O[C@H](COP(=O)([O-])[O-])C(F)(F)F)N1CCC2(CC1)C[C@@H](NS(=O)(=O)c1ccccc1)CO2.[Na+].[Na+]. The Morgan fingerprint density at radius 3 is 2.33 bits per heavy atom. The van der Waals surface area contributed by atoms with E-state index in [0.29, 0.717) is 6.42 Å². The first-order chi connectivity index (χ1) is 15.7. The van der Waals surface area contributed by atoms with Crippen LogP contribution in [0.4, 0.5) is 18.0 Å². The van der Waals surface area contributed by atoms with Crippen LogP contribution in [0.15, 0.2) is 35.2 Å². The molecule has 0 aliphatic carbocycles. The van der Waals surface area contributed by atoms with Crippen LogP contribution >= 0.6 is 7.82 Å². The number of rotatable bonds is 7. The third-order valence-corrected chi connectivity index (χ3v) is 7.51. The molecule has 3 rings (SSSR count). The Morgan fingerprint density at radius 2 is 1.81 bits per heavy atom. The van der Waals surface area contributed by atoms with Gasteiger partial charge in [-0.25, -0.2) is 17.9 Å². The number of carbonyl (C=O) groups excluding carboxylic acids is 1. The minimum Gasteiger partial charge on any atom is -0.790 e. The van der Waals surface area contributed by atoms with Crippen LogP contribution in [-0.4, -0.2) is 69.6 Å². The number of hydrogen-bond donors (Lipinski definition) is 1. The predicted molar refractivity (Wildman–Crippen MR) is 105 cm³/mol. The zero-order valence-electron chi connectivity index (χ0n) is 19.6. The zero-order chi connectivity index (χ0) is 25.2. The van der Waals surface area contributed by atoms with Gasteiger partial charge in [0.1, 0.15) is 0 Å².